The van der Waals surface area contributed by atoms with E-state index in [1.54, 1.807) is 36.4 Å². The van der Waals surface area contributed by atoms with Gasteiger partial charge in [0.25, 0.3) is 0 Å². The van der Waals surface area contributed by atoms with E-state index in [9.17, 15) is 13.2 Å². The molecule has 5 N–H and O–H groups in total. The number of amides is 1. The minimum Gasteiger partial charge on any atom is -0.398 e. The van der Waals surface area contributed by atoms with Crippen molar-refractivity contribution in [3.8, 4) is 0 Å². The molecule has 8 heteroatoms. The van der Waals surface area contributed by atoms with Gasteiger partial charge in [-0.15, -0.1) is 0 Å². The van der Waals surface area contributed by atoms with Gasteiger partial charge in [-0.2, -0.15) is 0 Å². The van der Waals surface area contributed by atoms with Crippen LogP contribution in [0.15, 0.2) is 65.6 Å². The summed E-state index contributed by atoms with van der Waals surface area (Å²) in [7, 11) is -0.117. The van der Waals surface area contributed by atoms with E-state index in [2.05, 4.69) is 5.32 Å². The number of nitrogens with one attached hydrogen (secondary N) is 1. The van der Waals surface area contributed by atoms with Crippen LogP contribution in [0.4, 0.5) is 11.4 Å². The maximum Gasteiger partial charge on any atom is 0.225 e. The molecule has 0 aliphatic heterocycles. The average molecular weight is 427 g/mol. The molecule has 0 fully saturated rings. The van der Waals surface area contributed by atoms with E-state index in [4.69, 9.17) is 11.5 Å². The van der Waals surface area contributed by atoms with E-state index in [-0.39, 0.29) is 22.1 Å². The highest BCUT2D eigenvalue weighted by atomic mass is 32.2. The molecule has 0 spiro atoms. The Labute approximate surface area is 176 Å². The van der Waals surface area contributed by atoms with E-state index >= 15 is 0 Å². The molecule has 7 nitrogen and oxygen atoms in total. The minimum atomic E-state index is -3.89. The zero-order valence-electron chi connectivity index (χ0n) is 17.0. The summed E-state index contributed by atoms with van der Waals surface area (Å²) < 4.78 is 26.5. The van der Waals surface area contributed by atoms with Crippen molar-refractivity contribution in [3.63, 3.8) is 0 Å². The van der Waals surface area contributed by atoms with Crippen LogP contribution < -0.4 is 16.8 Å². The molecule has 0 saturated carbocycles. The van der Waals surface area contributed by atoms with Crippen LogP contribution in [0.3, 0.4) is 0 Å². The van der Waals surface area contributed by atoms with Gasteiger partial charge >= 0.3 is 0 Å². The number of hydrogen-bond donors (Lipinski definition) is 3. The molecule has 158 valence electrons. The number of carbonyl (C=O) groups is 1. The molecule has 3 aromatic rings. The van der Waals surface area contributed by atoms with Crippen LogP contribution in [-0.4, -0.2) is 39.9 Å². The molecule has 0 saturated heterocycles. The number of hydrogen-bond acceptors (Lipinski definition) is 6. The summed E-state index contributed by atoms with van der Waals surface area (Å²) in [5, 5.41) is 2.86. The quantitative estimate of drug-likeness (QED) is 0.500. The summed E-state index contributed by atoms with van der Waals surface area (Å²) in [6.45, 7) is 0.619. The second-order valence-electron chi connectivity index (χ2n) is 7.39. The van der Waals surface area contributed by atoms with Crippen LogP contribution in [0.1, 0.15) is 17.4 Å². The smallest absolute Gasteiger partial charge is 0.225 e. The first-order valence-corrected chi connectivity index (χ1v) is 11.1. The number of nitrogens with two attached hydrogens (primary N) is 2. The first-order valence-electron chi connectivity index (χ1n) is 9.51. The van der Waals surface area contributed by atoms with Crippen molar-refractivity contribution in [3.05, 3.63) is 66.2 Å². The predicted octanol–water partition coefficient (Wildman–Crippen LogP) is 2.74. The molecule has 3 rings (SSSR count). The molecule has 0 aliphatic carbocycles. The van der Waals surface area contributed by atoms with E-state index in [1.165, 1.54) is 6.07 Å². The number of nitrogen functional groups attached to an aromatic ring is 1. The molecular formula is C22H26N4O3S. The SMILES string of the molecule is CN(C)CCC(=O)Nc1ccc(C(N)S(=O)(=O)c2cccc3ccccc23)c(N)c1. The molecule has 0 aliphatic rings. The number of nitrogens with zero attached hydrogens (tertiary/aromatic N) is 1. The summed E-state index contributed by atoms with van der Waals surface area (Å²) in [5.74, 6) is -0.150. The topological polar surface area (TPSA) is 119 Å². The van der Waals surface area contributed by atoms with Gasteiger partial charge in [-0.1, -0.05) is 42.5 Å². The summed E-state index contributed by atoms with van der Waals surface area (Å²) in [4.78, 5) is 14.1. The van der Waals surface area contributed by atoms with Crippen LogP contribution in [0.2, 0.25) is 0 Å². The summed E-state index contributed by atoms with van der Waals surface area (Å²) in [5.41, 5.74) is 13.3. The average Bonchev–Trinajstić information content (AvgIpc) is 2.71. The van der Waals surface area contributed by atoms with Gasteiger partial charge in [0, 0.05) is 35.3 Å². The van der Waals surface area contributed by atoms with E-state index < -0.39 is 15.2 Å². The number of rotatable bonds is 7. The van der Waals surface area contributed by atoms with Gasteiger partial charge in [-0.25, -0.2) is 8.42 Å². The van der Waals surface area contributed by atoms with Crippen molar-refractivity contribution in [2.45, 2.75) is 16.7 Å². The maximum atomic E-state index is 13.3. The Morgan fingerprint density at radius 3 is 2.47 bits per heavy atom. The number of fused-ring (bicyclic) bond motifs is 1. The Kier molecular flexibility index (Phi) is 6.40. The lowest BCUT2D eigenvalue weighted by molar-refractivity contribution is -0.116. The van der Waals surface area contributed by atoms with Gasteiger partial charge in [0.15, 0.2) is 9.84 Å². The first-order chi connectivity index (χ1) is 14.2. The lowest BCUT2D eigenvalue weighted by Gasteiger charge is -2.18. The molecule has 3 aromatic carbocycles. The zero-order chi connectivity index (χ0) is 21.9. The second-order valence-corrected chi connectivity index (χ2v) is 9.43. The van der Waals surface area contributed by atoms with Crippen molar-refractivity contribution in [2.24, 2.45) is 5.73 Å². The molecule has 1 unspecified atom stereocenters. The van der Waals surface area contributed by atoms with Crippen LogP contribution in [-0.2, 0) is 14.6 Å². The van der Waals surface area contributed by atoms with Crippen molar-refractivity contribution in [1.29, 1.82) is 0 Å². The van der Waals surface area contributed by atoms with Crippen LogP contribution in [0, 0.1) is 0 Å². The summed E-state index contributed by atoms with van der Waals surface area (Å²) in [6, 6.07) is 17.0. The molecule has 0 radical (unpaired) electrons. The highest BCUT2D eigenvalue weighted by Gasteiger charge is 2.28. The summed E-state index contributed by atoms with van der Waals surface area (Å²) in [6.07, 6.45) is 0.337. The zero-order valence-corrected chi connectivity index (χ0v) is 17.8. The third-order valence-corrected chi connectivity index (χ3v) is 6.75. The minimum absolute atomic E-state index is 0.150. The first kappa shape index (κ1) is 21.8. The number of anilines is 2. The Bertz CT molecular complexity index is 1170. The third-order valence-electron chi connectivity index (χ3n) is 4.85. The lowest BCUT2D eigenvalue weighted by atomic mass is 10.1. The molecule has 0 bridgehead atoms. The van der Waals surface area contributed by atoms with Crippen LogP contribution in [0.25, 0.3) is 10.8 Å². The highest BCUT2D eigenvalue weighted by Crippen LogP contribution is 2.33. The Hall–Kier alpha value is -2.94. The molecule has 0 heterocycles. The number of sulfone groups is 1. The van der Waals surface area contributed by atoms with Crippen molar-refractivity contribution < 1.29 is 13.2 Å². The maximum absolute atomic E-state index is 13.3. The van der Waals surface area contributed by atoms with E-state index in [0.717, 1.165) is 5.39 Å². The fourth-order valence-electron chi connectivity index (χ4n) is 3.21. The monoisotopic (exact) mass is 426 g/mol. The Morgan fingerprint density at radius 1 is 1.07 bits per heavy atom. The standard InChI is InChI=1S/C22H26N4O3S/c1-26(2)13-12-21(27)25-16-10-11-18(19(23)14-16)22(24)30(28,29)20-9-5-7-15-6-3-4-8-17(15)20/h3-11,14,22H,12-13,23-24H2,1-2H3,(H,25,27). The van der Waals surface area contributed by atoms with Gasteiger partial charge in [-0.3, -0.25) is 4.79 Å². The molecule has 1 atom stereocenters. The van der Waals surface area contributed by atoms with Crippen LogP contribution in [0.5, 0.6) is 0 Å². The third kappa shape index (κ3) is 4.62. The van der Waals surface area contributed by atoms with Gasteiger partial charge in [0.1, 0.15) is 5.37 Å². The molecular weight excluding hydrogens is 400 g/mol. The lowest BCUT2D eigenvalue weighted by Crippen LogP contribution is -2.24. The normalized spacial score (nSPS) is 12.8. The second kappa shape index (κ2) is 8.83. The predicted molar refractivity (Wildman–Crippen MR) is 121 cm³/mol. The van der Waals surface area contributed by atoms with Gasteiger partial charge in [0.05, 0.1) is 4.90 Å². The number of benzene rings is 3. The van der Waals surface area contributed by atoms with Gasteiger partial charge in [0.2, 0.25) is 5.91 Å². The van der Waals surface area contributed by atoms with Crippen molar-refractivity contribution in [1.82, 2.24) is 4.90 Å². The highest BCUT2D eigenvalue weighted by molar-refractivity contribution is 7.91. The fourth-order valence-corrected chi connectivity index (χ4v) is 4.79. The van der Waals surface area contributed by atoms with Crippen molar-refractivity contribution >= 4 is 37.9 Å². The van der Waals surface area contributed by atoms with Crippen LogP contribution >= 0.6 is 0 Å². The van der Waals surface area contributed by atoms with Gasteiger partial charge < -0.3 is 21.7 Å². The largest absolute Gasteiger partial charge is 0.398 e. The molecule has 0 aromatic heterocycles. The fraction of sp³-hybridized carbons (Fsp3) is 0.227. The van der Waals surface area contributed by atoms with E-state index in [0.29, 0.717) is 24.0 Å². The van der Waals surface area contributed by atoms with E-state index in [1.807, 2.05) is 37.2 Å². The Morgan fingerprint density at radius 2 is 1.77 bits per heavy atom. The summed E-state index contributed by atoms with van der Waals surface area (Å²) >= 11 is 0. The number of carbonyl (C=O) groups excluding carboxylic acids is 1. The molecule has 1 amide bonds. The Balaban J connectivity index is 1.87. The van der Waals surface area contributed by atoms with Crippen molar-refractivity contribution in [2.75, 3.05) is 31.7 Å². The van der Waals surface area contributed by atoms with Gasteiger partial charge in [-0.05, 0) is 37.7 Å². The molecule has 30 heavy (non-hydrogen) atoms.